The van der Waals surface area contributed by atoms with Gasteiger partial charge in [-0.15, -0.1) is 0 Å². The van der Waals surface area contributed by atoms with Crippen LogP contribution in [0.2, 0.25) is 0 Å². The second-order valence-corrected chi connectivity index (χ2v) is 10.2. The minimum absolute atomic E-state index is 0.142. The summed E-state index contributed by atoms with van der Waals surface area (Å²) in [7, 11) is 1.35. The van der Waals surface area contributed by atoms with Crippen LogP contribution in [0.25, 0.3) is 0 Å². The Morgan fingerprint density at radius 3 is 2.49 bits per heavy atom. The molecule has 3 rings (SSSR count). The molecule has 1 aliphatic heterocycles. The van der Waals surface area contributed by atoms with Crippen molar-refractivity contribution in [2.45, 2.75) is 45.6 Å². The van der Waals surface area contributed by atoms with E-state index in [2.05, 4.69) is 10.6 Å². The summed E-state index contributed by atoms with van der Waals surface area (Å²) in [6.45, 7) is 4.53. The van der Waals surface area contributed by atoms with E-state index in [0.717, 1.165) is 16.2 Å². The molecule has 0 bridgehead atoms. The highest BCUT2D eigenvalue weighted by molar-refractivity contribution is 6.09. The van der Waals surface area contributed by atoms with E-state index in [0.29, 0.717) is 18.5 Å². The standard InChI is InChI=1S/C24H31FN4O6/c1-15-9-23(2,3)14-24(10-15)21(33)29(22(34)27-24)12-20(32)35-13-19(31)28(4)11-18(30)26-17-7-5-16(25)6-8-17/h5-8,15H,9-14H2,1-4H3,(H,26,30)(H,27,34). The van der Waals surface area contributed by atoms with Gasteiger partial charge in [-0.2, -0.15) is 0 Å². The number of halogens is 1. The lowest BCUT2D eigenvalue weighted by atomic mass is 9.64. The maximum Gasteiger partial charge on any atom is 0.326 e. The van der Waals surface area contributed by atoms with Gasteiger partial charge in [-0.25, -0.2) is 9.18 Å². The maximum atomic E-state index is 13.1. The largest absolute Gasteiger partial charge is 0.454 e. The van der Waals surface area contributed by atoms with Crippen LogP contribution in [-0.4, -0.2) is 71.8 Å². The first-order chi connectivity index (χ1) is 16.3. The molecule has 1 aromatic carbocycles. The molecule has 35 heavy (non-hydrogen) atoms. The van der Waals surface area contributed by atoms with Crippen molar-refractivity contribution in [1.29, 1.82) is 0 Å². The molecule has 2 atom stereocenters. The minimum Gasteiger partial charge on any atom is -0.454 e. The number of carbonyl (C=O) groups excluding carboxylic acids is 5. The van der Waals surface area contributed by atoms with Gasteiger partial charge in [0.2, 0.25) is 5.91 Å². The van der Waals surface area contributed by atoms with Gasteiger partial charge in [0.25, 0.3) is 11.8 Å². The van der Waals surface area contributed by atoms with Crippen molar-refractivity contribution in [3.8, 4) is 0 Å². The number of amides is 5. The van der Waals surface area contributed by atoms with Crippen molar-refractivity contribution in [2.24, 2.45) is 11.3 Å². The molecule has 2 fully saturated rings. The highest BCUT2D eigenvalue weighted by atomic mass is 19.1. The SMILES string of the molecule is CC1CC(C)(C)CC2(C1)NC(=O)N(CC(=O)OCC(=O)N(C)CC(=O)Nc1ccc(F)cc1)C2=O. The highest BCUT2D eigenvalue weighted by Gasteiger charge is 2.56. The van der Waals surface area contributed by atoms with Crippen LogP contribution < -0.4 is 10.6 Å². The Labute approximate surface area is 203 Å². The average Bonchev–Trinajstić information content (AvgIpc) is 2.95. The van der Waals surface area contributed by atoms with Gasteiger partial charge in [0, 0.05) is 12.7 Å². The van der Waals surface area contributed by atoms with E-state index in [1.165, 1.54) is 31.3 Å². The van der Waals surface area contributed by atoms with Gasteiger partial charge in [-0.05, 0) is 54.9 Å². The number of hydrogen-bond acceptors (Lipinski definition) is 6. The Hall–Kier alpha value is -3.50. The highest BCUT2D eigenvalue weighted by Crippen LogP contribution is 2.46. The van der Waals surface area contributed by atoms with Crippen molar-refractivity contribution in [2.75, 3.05) is 32.1 Å². The lowest BCUT2D eigenvalue weighted by Gasteiger charge is -2.43. The van der Waals surface area contributed by atoms with Crippen molar-refractivity contribution in [3.05, 3.63) is 30.1 Å². The summed E-state index contributed by atoms with van der Waals surface area (Å²) in [6.07, 6.45) is 1.90. The summed E-state index contributed by atoms with van der Waals surface area (Å²) >= 11 is 0. The molecule has 2 N–H and O–H groups in total. The molecule has 1 spiro atoms. The summed E-state index contributed by atoms with van der Waals surface area (Å²) in [4.78, 5) is 64.1. The van der Waals surface area contributed by atoms with Gasteiger partial charge in [0.15, 0.2) is 6.61 Å². The molecule has 190 valence electrons. The third-order valence-electron chi connectivity index (χ3n) is 6.20. The lowest BCUT2D eigenvalue weighted by Crippen LogP contribution is -2.54. The number of nitrogens with zero attached hydrogens (tertiary/aromatic N) is 2. The molecule has 2 aliphatic rings. The van der Waals surface area contributed by atoms with Gasteiger partial charge in [0.1, 0.15) is 17.9 Å². The number of ether oxygens (including phenoxy) is 1. The van der Waals surface area contributed by atoms with Crippen LogP contribution in [0.15, 0.2) is 24.3 Å². The molecule has 1 heterocycles. The molecule has 11 heteroatoms. The number of nitrogens with one attached hydrogen (secondary N) is 2. The van der Waals surface area contributed by atoms with Crippen molar-refractivity contribution >= 4 is 35.4 Å². The molecular formula is C24H31FN4O6. The van der Waals surface area contributed by atoms with E-state index < -0.39 is 54.2 Å². The van der Waals surface area contributed by atoms with E-state index >= 15 is 0 Å². The maximum absolute atomic E-state index is 13.1. The van der Waals surface area contributed by atoms with Crippen LogP contribution in [0.3, 0.4) is 0 Å². The van der Waals surface area contributed by atoms with Gasteiger partial charge in [-0.3, -0.25) is 24.1 Å². The minimum atomic E-state index is -1.04. The van der Waals surface area contributed by atoms with E-state index in [1.807, 2.05) is 20.8 Å². The molecule has 10 nitrogen and oxygen atoms in total. The first-order valence-electron chi connectivity index (χ1n) is 11.4. The summed E-state index contributed by atoms with van der Waals surface area (Å²) < 4.78 is 17.9. The second-order valence-electron chi connectivity index (χ2n) is 10.2. The summed E-state index contributed by atoms with van der Waals surface area (Å²) in [5.41, 5.74) is -0.811. The third-order valence-corrected chi connectivity index (χ3v) is 6.20. The summed E-state index contributed by atoms with van der Waals surface area (Å²) in [5.74, 6) is -2.76. The number of rotatable bonds is 7. The quantitative estimate of drug-likeness (QED) is 0.444. The zero-order valence-electron chi connectivity index (χ0n) is 20.4. The number of anilines is 1. The van der Waals surface area contributed by atoms with Crippen LogP contribution in [0.5, 0.6) is 0 Å². The smallest absolute Gasteiger partial charge is 0.326 e. The van der Waals surface area contributed by atoms with E-state index in [-0.39, 0.29) is 17.9 Å². The molecule has 2 unspecified atom stereocenters. The van der Waals surface area contributed by atoms with Gasteiger partial charge >= 0.3 is 12.0 Å². The molecule has 1 aromatic rings. The normalized spacial score (nSPS) is 23.1. The predicted molar refractivity (Wildman–Crippen MR) is 123 cm³/mol. The Bertz CT molecular complexity index is 1030. The number of imide groups is 1. The Morgan fingerprint density at radius 2 is 1.86 bits per heavy atom. The monoisotopic (exact) mass is 490 g/mol. The molecule has 0 aromatic heterocycles. The van der Waals surface area contributed by atoms with Crippen LogP contribution in [-0.2, 0) is 23.9 Å². The molecule has 5 amide bonds. The van der Waals surface area contributed by atoms with E-state index in [4.69, 9.17) is 4.74 Å². The number of carbonyl (C=O) groups is 5. The van der Waals surface area contributed by atoms with Crippen molar-refractivity contribution in [1.82, 2.24) is 15.1 Å². The molecule has 1 saturated heterocycles. The Balaban J connectivity index is 1.48. The van der Waals surface area contributed by atoms with Crippen molar-refractivity contribution in [3.63, 3.8) is 0 Å². The van der Waals surface area contributed by atoms with Crippen LogP contribution >= 0.6 is 0 Å². The zero-order chi connectivity index (χ0) is 26.0. The molecule has 1 aliphatic carbocycles. The van der Waals surface area contributed by atoms with Crippen LogP contribution in [0.1, 0.15) is 40.0 Å². The molecule has 0 radical (unpaired) electrons. The topological polar surface area (TPSA) is 125 Å². The average molecular weight is 491 g/mol. The molecular weight excluding hydrogens is 459 g/mol. The van der Waals surface area contributed by atoms with E-state index in [1.54, 1.807) is 0 Å². The third kappa shape index (κ3) is 6.34. The second kappa shape index (κ2) is 10.0. The number of urea groups is 1. The molecule has 1 saturated carbocycles. The lowest BCUT2D eigenvalue weighted by molar-refractivity contribution is -0.154. The zero-order valence-corrected chi connectivity index (χ0v) is 20.4. The fourth-order valence-electron chi connectivity index (χ4n) is 5.11. The summed E-state index contributed by atoms with van der Waals surface area (Å²) in [6, 6.07) is 4.48. The summed E-state index contributed by atoms with van der Waals surface area (Å²) in [5, 5.41) is 5.30. The van der Waals surface area contributed by atoms with Gasteiger partial charge in [-0.1, -0.05) is 20.8 Å². The van der Waals surface area contributed by atoms with Crippen LogP contribution in [0.4, 0.5) is 14.9 Å². The van der Waals surface area contributed by atoms with E-state index in [9.17, 15) is 28.4 Å². The number of hydrogen-bond donors (Lipinski definition) is 2. The van der Waals surface area contributed by atoms with Crippen LogP contribution in [0, 0.1) is 17.2 Å². The first-order valence-corrected chi connectivity index (χ1v) is 11.4. The fourth-order valence-corrected chi connectivity index (χ4v) is 5.11. The Kier molecular flexibility index (Phi) is 7.47. The number of benzene rings is 1. The Morgan fingerprint density at radius 1 is 1.20 bits per heavy atom. The number of esters is 1. The van der Waals surface area contributed by atoms with Gasteiger partial charge < -0.3 is 20.3 Å². The van der Waals surface area contributed by atoms with Crippen molar-refractivity contribution < 1.29 is 33.1 Å². The fraction of sp³-hybridized carbons (Fsp3) is 0.542. The number of likely N-dealkylation sites (N-methyl/N-ethyl adjacent to an activating group) is 1. The predicted octanol–water partition coefficient (Wildman–Crippen LogP) is 1.90. The van der Waals surface area contributed by atoms with Gasteiger partial charge in [0.05, 0.1) is 6.54 Å². The first kappa shape index (κ1) is 26.1.